The summed E-state index contributed by atoms with van der Waals surface area (Å²) in [5, 5.41) is 5.55. The van der Waals surface area contributed by atoms with Crippen molar-refractivity contribution in [1.29, 1.82) is 0 Å². The van der Waals surface area contributed by atoms with Gasteiger partial charge < -0.3 is 21.1 Å². The van der Waals surface area contributed by atoms with E-state index in [-0.39, 0.29) is 6.03 Å². The van der Waals surface area contributed by atoms with Crippen LogP contribution < -0.4 is 21.1 Å². The Bertz CT molecular complexity index is 447. The Morgan fingerprint density at radius 3 is 2.82 bits per heavy atom. The molecular weight excluding hydrogens is 286 g/mol. The fourth-order valence-electron chi connectivity index (χ4n) is 1.41. The maximum atomic E-state index is 11.6. The first-order valence-electron chi connectivity index (χ1n) is 5.30. The van der Waals surface area contributed by atoms with Crippen molar-refractivity contribution in [3.05, 3.63) is 16.6 Å². The molecule has 2 amide bonds. The van der Waals surface area contributed by atoms with Gasteiger partial charge in [0.1, 0.15) is 5.75 Å². The predicted molar refractivity (Wildman–Crippen MR) is 70.3 cm³/mol. The number of halogens is 1. The van der Waals surface area contributed by atoms with Crippen LogP contribution in [0.3, 0.4) is 0 Å². The zero-order chi connectivity index (χ0) is 12.4. The van der Waals surface area contributed by atoms with E-state index in [1.807, 2.05) is 0 Å². The van der Waals surface area contributed by atoms with Crippen molar-refractivity contribution in [2.24, 2.45) is 0 Å². The molecule has 1 fully saturated rings. The van der Waals surface area contributed by atoms with E-state index < -0.39 is 0 Å². The highest BCUT2D eigenvalue weighted by Crippen LogP contribution is 2.33. The van der Waals surface area contributed by atoms with Gasteiger partial charge in [0.15, 0.2) is 0 Å². The quantitative estimate of drug-likeness (QED) is 0.750. The average Bonchev–Trinajstić information content (AvgIpc) is 3.06. The number of ether oxygens (including phenoxy) is 1. The third-order valence-electron chi connectivity index (χ3n) is 2.48. The largest absolute Gasteiger partial charge is 0.495 e. The van der Waals surface area contributed by atoms with Gasteiger partial charge in [-0.2, -0.15) is 0 Å². The van der Waals surface area contributed by atoms with Crippen LogP contribution in [0.15, 0.2) is 16.6 Å². The van der Waals surface area contributed by atoms with Crippen molar-refractivity contribution in [3.8, 4) is 5.75 Å². The van der Waals surface area contributed by atoms with Gasteiger partial charge in [0.2, 0.25) is 0 Å². The number of methoxy groups -OCH3 is 1. The molecule has 1 aromatic rings. The average molecular weight is 300 g/mol. The van der Waals surface area contributed by atoms with Gasteiger partial charge >= 0.3 is 6.03 Å². The topological polar surface area (TPSA) is 76.4 Å². The normalized spacial score (nSPS) is 14.2. The van der Waals surface area contributed by atoms with Gasteiger partial charge in [-0.15, -0.1) is 0 Å². The summed E-state index contributed by atoms with van der Waals surface area (Å²) in [6.07, 6.45) is 2.10. The van der Waals surface area contributed by atoms with Gasteiger partial charge in [-0.05, 0) is 40.9 Å². The summed E-state index contributed by atoms with van der Waals surface area (Å²) < 4.78 is 5.91. The number of carbonyl (C=O) groups is 1. The minimum Gasteiger partial charge on any atom is -0.495 e. The highest BCUT2D eigenvalue weighted by molar-refractivity contribution is 9.10. The van der Waals surface area contributed by atoms with Gasteiger partial charge in [-0.25, -0.2) is 4.79 Å². The van der Waals surface area contributed by atoms with E-state index in [9.17, 15) is 4.79 Å². The van der Waals surface area contributed by atoms with Crippen molar-refractivity contribution in [3.63, 3.8) is 0 Å². The highest BCUT2D eigenvalue weighted by Gasteiger charge is 2.23. The van der Waals surface area contributed by atoms with Gasteiger partial charge in [-0.1, -0.05) is 0 Å². The molecule has 6 heteroatoms. The van der Waals surface area contributed by atoms with Crippen molar-refractivity contribution in [2.75, 3.05) is 18.2 Å². The molecule has 5 nitrogen and oxygen atoms in total. The van der Waals surface area contributed by atoms with E-state index in [4.69, 9.17) is 10.5 Å². The number of nitrogens with two attached hydrogens (primary N) is 1. The van der Waals surface area contributed by atoms with Crippen LogP contribution in [0.5, 0.6) is 5.75 Å². The lowest BCUT2D eigenvalue weighted by atomic mass is 10.2. The number of nitrogen functional groups attached to an aromatic ring is 1. The van der Waals surface area contributed by atoms with Gasteiger partial charge in [0.05, 0.1) is 12.8 Å². The van der Waals surface area contributed by atoms with E-state index in [1.54, 1.807) is 19.2 Å². The SMILES string of the molecule is COc1cc(Br)c(N)cc1NC(=O)NC1CC1. The molecule has 17 heavy (non-hydrogen) atoms. The number of hydrogen-bond acceptors (Lipinski definition) is 3. The number of nitrogens with one attached hydrogen (secondary N) is 2. The van der Waals surface area contributed by atoms with Crippen LogP contribution in [0.1, 0.15) is 12.8 Å². The Balaban J connectivity index is 2.12. The Morgan fingerprint density at radius 1 is 1.53 bits per heavy atom. The molecule has 0 bridgehead atoms. The molecule has 0 heterocycles. The van der Waals surface area contributed by atoms with Crippen LogP contribution in [-0.4, -0.2) is 19.2 Å². The lowest BCUT2D eigenvalue weighted by Crippen LogP contribution is -2.30. The molecule has 1 aromatic carbocycles. The molecule has 1 aliphatic rings. The lowest BCUT2D eigenvalue weighted by molar-refractivity contribution is 0.251. The third-order valence-corrected chi connectivity index (χ3v) is 3.17. The summed E-state index contributed by atoms with van der Waals surface area (Å²) >= 11 is 3.30. The highest BCUT2D eigenvalue weighted by atomic mass is 79.9. The van der Waals surface area contributed by atoms with Crippen LogP contribution in [0.4, 0.5) is 16.2 Å². The van der Waals surface area contributed by atoms with Crippen molar-refractivity contribution < 1.29 is 9.53 Å². The first-order valence-corrected chi connectivity index (χ1v) is 6.10. The van der Waals surface area contributed by atoms with Crippen molar-refractivity contribution in [2.45, 2.75) is 18.9 Å². The van der Waals surface area contributed by atoms with Gasteiger partial charge in [0.25, 0.3) is 0 Å². The second-order valence-corrected chi connectivity index (χ2v) is 4.80. The maximum Gasteiger partial charge on any atom is 0.319 e. The molecule has 4 N–H and O–H groups in total. The second kappa shape index (κ2) is 4.83. The molecular formula is C11H14BrN3O2. The number of benzene rings is 1. The Morgan fingerprint density at radius 2 is 2.24 bits per heavy atom. The van der Waals surface area contributed by atoms with Crippen LogP contribution in [-0.2, 0) is 0 Å². The van der Waals surface area contributed by atoms with Crippen LogP contribution in [0, 0.1) is 0 Å². The molecule has 0 atom stereocenters. The molecule has 0 aromatic heterocycles. The Kier molecular flexibility index (Phi) is 3.42. The summed E-state index contributed by atoms with van der Waals surface area (Å²) in [6.45, 7) is 0. The van der Waals surface area contributed by atoms with E-state index >= 15 is 0 Å². The summed E-state index contributed by atoms with van der Waals surface area (Å²) in [6, 6.07) is 3.47. The van der Waals surface area contributed by atoms with E-state index in [2.05, 4.69) is 26.6 Å². The number of hydrogen-bond donors (Lipinski definition) is 3. The molecule has 1 aliphatic carbocycles. The molecule has 0 saturated heterocycles. The van der Waals surface area contributed by atoms with Gasteiger partial charge in [0, 0.05) is 16.2 Å². The number of rotatable bonds is 3. The molecule has 0 spiro atoms. The molecule has 1 saturated carbocycles. The number of amides is 2. The molecule has 0 radical (unpaired) electrons. The fraction of sp³-hybridized carbons (Fsp3) is 0.364. The number of anilines is 2. The standard InChI is InChI=1S/C11H14BrN3O2/c1-17-10-4-7(12)8(13)5-9(10)15-11(16)14-6-2-3-6/h4-6H,2-3,13H2,1H3,(H2,14,15,16). The van der Waals surface area contributed by atoms with E-state index in [0.29, 0.717) is 23.2 Å². The summed E-state index contributed by atoms with van der Waals surface area (Å²) in [4.78, 5) is 11.6. The monoisotopic (exact) mass is 299 g/mol. The smallest absolute Gasteiger partial charge is 0.319 e. The Hall–Kier alpha value is -1.43. The molecule has 0 aliphatic heterocycles. The fourth-order valence-corrected chi connectivity index (χ4v) is 1.73. The van der Waals surface area contributed by atoms with Crippen LogP contribution >= 0.6 is 15.9 Å². The Labute approximate surface area is 108 Å². The summed E-state index contributed by atoms with van der Waals surface area (Å²) in [5.74, 6) is 0.567. The molecule has 2 rings (SSSR count). The minimum absolute atomic E-state index is 0.229. The predicted octanol–water partition coefficient (Wildman–Crippen LogP) is 2.32. The minimum atomic E-state index is -0.229. The number of urea groups is 1. The first-order chi connectivity index (χ1) is 8.10. The molecule has 92 valence electrons. The second-order valence-electron chi connectivity index (χ2n) is 3.95. The van der Waals surface area contributed by atoms with Crippen molar-refractivity contribution >= 4 is 33.3 Å². The lowest BCUT2D eigenvalue weighted by Gasteiger charge is -2.12. The maximum absolute atomic E-state index is 11.6. The van der Waals surface area contributed by atoms with Gasteiger partial charge in [-0.3, -0.25) is 0 Å². The molecule has 0 unspecified atom stereocenters. The zero-order valence-corrected chi connectivity index (χ0v) is 11.0. The zero-order valence-electron chi connectivity index (χ0n) is 9.42. The summed E-state index contributed by atoms with van der Waals surface area (Å²) in [5.41, 5.74) is 6.87. The van der Waals surface area contributed by atoms with E-state index in [0.717, 1.165) is 17.3 Å². The van der Waals surface area contributed by atoms with Crippen LogP contribution in [0.2, 0.25) is 0 Å². The number of carbonyl (C=O) groups excluding carboxylic acids is 1. The van der Waals surface area contributed by atoms with Crippen LogP contribution in [0.25, 0.3) is 0 Å². The first kappa shape index (κ1) is 12.0. The third kappa shape index (κ3) is 3.03. The van der Waals surface area contributed by atoms with Crippen molar-refractivity contribution in [1.82, 2.24) is 5.32 Å². The van der Waals surface area contributed by atoms with E-state index in [1.165, 1.54) is 0 Å². The summed E-state index contributed by atoms with van der Waals surface area (Å²) in [7, 11) is 1.54.